The zero-order valence-electron chi connectivity index (χ0n) is 13.1. The Kier molecular flexibility index (Phi) is 4.46. The molecule has 4 heteroatoms. The predicted octanol–water partition coefficient (Wildman–Crippen LogP) is 3.63. The van der Waals surface area contributed by atoms with Gasteiger partial charge in [0.05, 0.1) is 17.8 Å². The van der Waals surface area contributed by atoms with Gasteiger partial charge in [-0.2, -0.15) is 5.10 Å². The maximum absolute atomic E-state index is 12.4. The van der Waals surface area contributed by atoms with E-state index in [0.29, 0.717) is 5.56 Å². The van der Waals surface area contributed by atoms with Gasteiger partial charge in [0, 0.05) is 5.69 Å². The van der Waals surface area contributed by atoms with Gasteiger partial charge in [-0.1, -0.05) is 51.1 Å². The number of aromatic nitrogens is 2. The molecule has 0 saturated carbocycles. The molecule has 1 amide bonds. The Bertz CT molecular complexity index is 596. The SMILES string of the molecule is Cc1[nH]ncc1C(=O)NC(CC(C)(C)C)c1ccccc1. The number of aromatic amines is 1. The molecule has 2 rings (SSSR count). The Labute approximate surface area is 126 Å². The Morgan fingerprint density at radius 1 is 1.29 bits per heavy atom. The van der Waals surface area contributed by atoms with Crippen LogP contribution in [0.2, 0.25) is 0 Å². The van der Waals surface area contributed by atoms with Crippen LogP contribution in [0, 0.1) is 12.3 Å². The first-order valence-corrected chi connectivity index (χ1v) is 7.22. The van der Waals surface area contributed by atoms with Crippen molar-refractivity contribution < 1.29 is 4.79 Å². The molecule has 1 atom stereocenters. The minimum atomic E-state index is -0.0839. The quantitative estimate of drug-likeness (QED) is 0.901. The summed E-state index contributed by atoms with van der Waals surface area (Å²) < 4.78 is 0. The number of hydrogen-bond donors (Lipinski definition) is 2. The van der Waals surface area contributed by atoms with Crippen molar-refractivity contribution in [3.63, 3.8) is 0 Å². The van der Waals surface area contributed by atoms with Gasteiger partial charge in [0.2, 0.25) is 0 Å². The van der Waals surface area contributed by atoms with Gasteiger partial charge in [-0.3, -0.25) is 9.89 Å². The number of nitrogens with zero attached hydrogens (tertiary/aromatic N) is 1. The average Bonchev–Trinajstić information content (AvgIpc) is 2.84. The van der Waals surface area contributed by atoms with Gasteiger partial charge < -0.3 is 5.32 Å². The molecule has 0 aliphatic carbocycles. The Morgan fingerprint density at radius 2 is 1.95 bits per heavy atom. The maximum Gasteiger partial charge on any atom is 0.255 e. The summed E-state index contributed by atoms with van der Waals surface area (Å²) in [7, 11) is 0. The van der Waals surface area contributed by atoms with Crippen LogP contribution in [-0.4, -0.2) is 16.1 Å². The van der Waals surface area contributed by atoms with E-state index in [1.807, 2.05) is 25.1 Å². The summed E-state index contributed by atoms with van der Waals surface area (Å²) >= 11 is 0. The van der Waals surface area contributed by atoms with E-state index in [9.17, 15) is 4.79 Å². The Hall–Kier alpha value is -2.10. The molecule has 2 aromatic rings. The first-order chi connectivity index (χ1) is 9.87. The van der Waals surface area contributed by atoms with Crippen LogP contribution in [0.15, 0.2) is 36.5 Å². The van der Waals surface area contributed by atoms with Gasteiger partial charge in [-0.15, -0.1) is 0 Å². The minimum absolute atomic E-state index is 0.00648. The summed E-state index contributed by atoms with van der Waals surface area (Å²) in [5.74, 6) is -0.0839. The highest BCUT2D eigenvalue weighted by atomic mass is 16.1. The number of aryl methyl sites for hydroxylation is 1. The Balaban J connectivity index is 2.21. The van der Waals surface area contributed by atoms with Crippen LogP contribution in [0.5, 0.6) is 0 Å². The van der Waals surface area contributed by atoms with Gasteiger partial charge in [-0.05, 0) is 24.3 Å². The molecule has 0 spiro atoms. The van der Waals surface area contributed by atoms with Crippen LogP contribution in [0.4, 0.5) is 0 Å². The third-order valence-electron chi connectivity index (χ3n) is 3.40. The van der Waals surface area contributed by atoms with Gasteiger partial charge in [0.1, 0.15) is 0 Å². The summed E-state index contributed by atoms with van der Waals surface area (Å²) in [6, 6.07) is 10.1. The summed E-state index contributed by atoms with van der Waals surface area (Å²) in [5, 5.41) is 9.85. The van der Waals surface area contributed by atoms with E-state index in [1.165, 1.54) is 0 Å². The van der Waals surface area contributed by atoms with Crippen molar-refractivity contribution >= 4 is 5.91 Å². The third-order valence-corrected chi connectivity index (χ3v) is 3.40. The monoisotopic (exact) mass is 285 g/mol. The fraction of sp³-hybridized carbons (Fsp3) is 0.412. The largest absolute Gasteiger partial charge is 0.345 e. The van der Waals surface area contributed by atoms with E-state index in [1.54, 1.807) is 6.20 Å². The smallest absolute Gasteiger partial charge is 0.255 e. The molecule has 1 unspecified atom stereocenters. The number of carbonyl (C=O) groups excluding carboxylic acids is 1. The van der Waals surface area contributed by atoms with Crippen LogP contribution < -0.4 is 5.32 Å². The second kappa shape index (κ2) is 6.12. The summed E-state index contributed by atoms with van der Waals surface area (Å²) in [6.07, 6.45) is 2.45. The van der Waals surface area contributed by atoms with E-state index in [4.69, 9.17) is 0 Å². The third kappa shape index (κ3) is 4.18. The van der Waals surface area contributed by atoms with Crippen LogP contribution in [-0.2, 0) is 0 Å². The van der Waals surface area contributed by atoms with Crippen LogP contribution in [0.25, 0.3) is 0 Å². The molecule has 0 radical (unpaired) electrons. The molecule has 0 fully saturated rings. The van der Waals surface area contributed by atoms with E-state index in [-0.39, 0.29) is 17.4 Å². The average molecular weight is 285 g/mol. The molecule has 1 heterocycles. The maximum atomic E-state index is 12.4. The first-order valence-electron chi connectivity index (χ1n) is 7.22. The van der Waals surface area contributed by atoms with Crippen molar-refractivity contribution in [1.29, 1.82) is 0 Å². The predicted molar refractivity (Wildman–Crippen MR) is 84.0 cm³/mol. The number of nitrogens with one attached hydrogen (secondary N) is 2. The first kappa shape index (κ1) is 15.3. The lowest BCUT2D eigenvalue weighted by Crippen LogP contribution is -2.31. The molecular formula is C17H23N3O. The Morgan fingerprint density at radius 3 is 2.48 bits per heavy atom. The number of H-pyrrole nitrogens is 1. The van der Waals surface area contributed by atoms with E-state index in [0.717, 1.165) is 17.7 Å². The van der Waals surface area contributed by atoms with Crippen molar-refractivity contribution in [3.8, 4) is 0 Å². The van der Waals surface area contributed by atoms with Crippen molar-refractivity contribution in [1.82, 2.24) is 15.5 Å². The number of amides is 1. The van der Waals surface area contributed by atoms with E-state index < -0.39 is 0 Å². The van der Waals surface area contributed by atoms with E-state index >= 15 is 0 Å². The molecule has 112 valence electrons. The molecule has 0 aliphatic rings. The standard InChI is InChI=1S/C17H23N3O/c1-12-14(11-18-20-12)16(21)19-15(10-17(2,3)4)13-8-6-5-7-9-13/h5-9,11,15H,10H2,1-4H3,(H,18,20)(H,19,21). The van der Waals surface area contributed by atoms with Crippen LogP contribution in [0.1, 0.15) is 54.8 Å². The number of carbonyl (C=O) groups is 1. The normalized spacial score (nSPS) is 13.0. The van der Waals surface area contributed by atoms with E-state index in [2.05, 4.69) is 48.4 Å². The fourth-order valence-corrected chi connectivity index (χ4v) is 2.37. The van der Waals surface area contributed by atoms with Crippen molar-refractivity contribution in [2.75, 3.05) is 0 Å². The number of hydrogen-bond acceptors (Lipinski definition) is 2. The lowest BCUT2D eigenvalue weighted by atomic mass is 9.85. The molecule has 1 aromatic heterocycles. The molecular weight excluding hydrogens is 262 g/mol. The molecule has 21 heavy (non-hydrogen) atoms. The number of rotatable bonds is 4. The zero-order chi connectivity index (χ0) is 15.5. The highest BCUT2D eigenvalue weighted by Crippen LogP contribution is 2.29. The lowest BCUT2D eigenvalue weighted by molar-refractivity contribution is 0.0926. The lowest BCUT2D eigenvalue weighted by Gasteiger charge is -2.27. The highest BCUT2D eigenvalue weighted by Gasteiger charge is 2.23. The fourth-order valence-electron chi connectivity index (χ4n) is 2.37. The van der Waals surface area contributed by atoms with Crippen LogP contribution in [0.3, 0.4) is 0 Å². The molecule has 0 bridgehead atoms. The summed E-state index contributed by atoms with van der Waals surface area (Å²) in [4.78, 5) is 12.4. The molecule has 4 nitrogen and oxygen atoms in total. The second-order valence-corrected chi connectivity index (χ2v) is 6.61. The molecule has 2 N–H and O–H groups in total. The second-order valence-electron chi connectivity index (χ2n) is 6.61. The van der Waals surface area contributed by atoms with Crippen molar-refractivity contribution in [2.24, 2.45) is 5.41 Å². The van der Waals surface area contributed by atoms with Crippen molar-refractivity contribution in [3.05, 3.63) is 53.3 Å². The van der Waals surface area contributed by atoms with Crippen molar-refractivity contribution in [2.45, 2.75) is 40.2 Å². The van der Waals surface area contributed by atoms with Gasteiger partial charge in [-0.25, -0.2) is 0 Å². The zero-order valence-corrected chi connectivity index (χ0v) is 13.1. The molecule has 0 saturated heterocycles. The van der Waals surface area contributed by atoms with Gasteiger partial charge in [0.15, 0.2) is 0 Å². The minimum Gasteiger partial charge on any atom is -0.345 e. The highest BCUT2D eigenvalue weighted by molar-refractivity contribution is 5.95. The van der Waals surface area contributed by atoms with Crippen LogP contribution >= 0.6 is 0 Å². The number of benzene rings is 1. The topological polar surface area (TPSA) is 57.8 Å². The molecule has 0 aliphatic heterocycles. The summed E-state index contributed by atoms with van der Waals surface area (Å²) in [6.45, 7) is 8.39. The molecule has 1 aromatic carbocycles. The van der Waals surface area contributed by atoms with Gasteiger partial charge >= 0.3 is 0 Å². The van der Waals surface area contributed by atoms with Gasteiger partial charge in [0.25, 0.3) is 5.91 Å². The summed E-state index contributed by atoms with van der Waals surface area (Å²) in [5.41, 5.74) is 2.64.